The van der Waals surface area contributed by atoms with Crippen molar-refractivity contribution in [2.45, 2.75) is 6.92 Å². The first-order valence-electron chi connectivity index (χ1n) is 5.10. The summed E-state index contributed by atoms with van der Waals surface area (Å²) in [5.41, 5.74) is 4.97. The maximum absolute atomic E-state index is 3.85. The van der Waals surface area contributed by atoms with Crippen LogP contribution in [0.15, 0.2) is 55.1 Å². The van der Waals surface area contributed by atoms with E-state index in [0.29, 0.717) is 0 Å². The van der Waals surface area contributed by atoms with Crippen molar-refractivity contribution in [3.63, 3.8) is 0 Å². The summed E-state index contributed by atoms with van der Waals surface area (Å²) in [6.07, 6.45) is 1.90. The zero-order valence-electron chi connectivity index (χ0n) is 8.90. The van der Waals surface area contributed by atoms with Gasteiger partial charge in [0.05, 0.1) is 0 Å². The molecular formula is C15H14. The van der Waals surface area contributed by atoms with Crippen LogP contribution in [0.3, 0.4) is 0 Å². The molecule has 0 radical (unpaired) electrons. The highest BCUT2D eigenvalue weighted by Crippen LogP contribution is 2.25. The lowest BCUT2D eigenvalue weighted by Gasteiger charge is -2.07. The van der Waals surface area contributed by atoms with Crippen LogP contribution in [0.5, 0.6) is 0 Å². The minimum absolute atomic E-state index is 1.19. The first-order chi connectivity index (χ1) is 7.31. The Morgan fingerprint density at radius 2 is 1.73 bits per heavy atom. The molecule has 0 aromatic heterocycles. The van der Waals surface area contributed by atoms with Gasteiger partial charge in [-0.25, -0.2) is 0 Å². The first kappa shape index (κ1) is 9.72. The van der Waals surface area contributed by atoms with Gasteiger partial charge in [-0.3, -0.25) is 0 Å². The monoisotopic (exact) mass is 194 g/mol. The summed E-state index contributed by atoms with van der Waals surface area (Å²) in [4.78, 5) is 0. The van der Waals surface area contributed by atoms with Crippen molar-refractivity contribution < 1.29 is 0 Å². The predicted octanol–water partition coefficient (Wildman–Crippen LogP) is 4.31. The highest BCUT2D eigenvalue weighted by molar-refractivity contribution is 5.75. The summed E-state index contributed by atoms with van der Waals surface area (Å²) in [5.74, 6) is 0. The largest absolute Gasteiger partial charge is 0.0984 e. The molecule has 0 amide bonds. The highest BCUT2D eigenvalue weighted by Gasteiger charge is 2.01. The number of aryl methyl sites for hydroxylation is 1. The van der Waals surface area contributed by atoms with Gasteiger partial charge in [-0.1, -0.05) is 66.7 Å². The molecule has 15 heavy (non-hydrogen) atoms. The molecule has 0 fully saturated rings. The molecule has 0 saturated carbocycles. The third-order valence-corrected chi connectivity index (χ3v) is 2.51. The fourth-order valence-electron chi connectivity index (χ4n) is 1.72. The molecule has 2 rings (SSSR count). The van der Waals surface area contributed by atoms with E-state index in [2.05, 4.69) is 56.0 Å². The Bertz CT molecular complexity index is 467. The molecule has 0 saturated heterocycles. The van der Waals surface area contributed by atoms with E-state index in [1.165, 1.54) is 22.3 Å². The third kappa shape index (κ3) is 1.99. The SMILES string of the molecule is C=Cc1ccc(C)cc1-c1ccccc1. The number of benzene rings is 2. The molecule has 74 valence electrons. The summed E-state index contributed by atoms with van der Waals surface area (Å²) in [6.45, 7) is 5.96. The topological polar surface area (TPSA) is 0 Å². The van der Waals surface area contributed by atoms with Crippen LogP contribution in [-0.2, 0) is 0 Å². The van der Waals surface area contributed by atoms with Crippen molar-refractivity contribution in [1.29, 1.82) is 0 Å². The van der Waals surface area contributed by atoms with E-state index < -0.39 is 0 Å². The zero-order chi connectivity index (χ0) is 10.7. The van der Waals surface area contributed by atoms with Gasteiger partial charge in [0.25, 0.3) is 0 Å². The molecule has 0 aliphatic carbocycles. The van der Waals surface area contributed by atoms with Gasteiger partial charge < -0.3 is 0 Å². The van der Waals surface area contributed by atoms with Gasteiger partial charge in [0.2, 0.25) is 0 Å². The van der Waals surface area contributed by atoms with Crippen LogP contribution in [0.25, 0.3) is 17.2 Å². The lowest BCUT2D eigenvalue weighted by molar-refractivity contribution is 1.45. The van der Waals surface area contributed by atoms with E-state index in [1.54, 1.807) is 0 Å². The Hall–Kier alpha value is -1.82. The molecule has 0 atom stereocenters. The number of hydrogen-bond donors (Lipinski definition) is 0. The lowest BCUT2D eigenvalue weighted by Crippen LogP contribution is -1.84. The Kier molecular flexibility index (Phi) is 2.68. The van der Waals surface area contributed by atoms with Gasteiger partial charge >= 0.3 is 0 Å². The van der Waals surface area contributed by atoms with Gasteiger partial charge in [0, 0.05) is 0 Å². The second-order valence-corrected chi connectivity index (χ2v) is 3.66. The minimum Gasteiger partial charge on any atom is -0.0984 e. The molecule has 0 nitrogen and oxygen atoms in total. The molecule has 0 heteroatoms. The summed E-state index contributed by atoms with van der Waals surface area (Å²) in [7, 11) is 0. The molecular weight excluding hydrogens is 180 g/mol. The second-order valence-electron chi connectivity index (χ2n) is 3.66. The van der Waals surface area contributed by atoms with Crippen molar-refractivity contribution in [2.75, 3.05) is 0 Å². The van der Waals surface area contributed by atoms with E-state index in [-0.39, 0.29) is 0 Å². The van der Waals surface area contributed by atoms with Crippen LogP contribution in [0, 0.1) is 6.92 Å². The van der Waals surface area contributed by atoms with E-state index in [9.17, 15) is 0 Å². The fraction of sp³-hybridized carbons (Fsp3) is 0.0667. The van der Waals surface area contributed by atoms with E-state index in [0.717, 1.165) is 0 Å². The van der Waals surface area contributed by atoms with Gasteiger partial charge in [0.15, 0.2) is 0 Å². The zero-order valence-corrected chi connectivity index (χ0v) is 8.90. The molecule has 2 aromatic rings. The van der Waals surface area contributed by atoms with Crippen LogP contribution in [0.2, 0.25) is 0 Å². The average molecular weight is 194 g/mol. The Morgan fingerprint density at radius 1 is 1.00 bits per heavy atom. The smallest absolute Gasteiger partial charge is 0.0109 e. The van der Waals surface area contributed by atoms with Crippen LogP contribution < -0.4 is 0 Å². The molecule has 0 bridgehead atoms. The molecule has 0 aliphatic rings. The summed E-state index contributed by atoms with van der Waals surface area (Å²) in [5, 5.41) is 0. The van der Waals surface area contributed by atoms with Crippen molar-refractivity contribution in [2.24, 2.45) is 0 Å². The second kappa shape index (κ2) is 4.14. The quantitative estimate of drug-likeness (QED) is 0.668. The molecule has 2 aromatic carbocycles. The van der Waals surface area contributed by atoms with E-state index >= 15 is 0 Å². The van der Waals surface area contributed by atoms with E-state index in [4.69, 9.17) is 0 Å². The van der Waals surface area contributed by atoms with Crippen LogP contribution in [-0.4, -0.2) is 0 Å². The van der Waals surface area contributed by atoms with Gasteiger partial charge in [-0.2, -0.15) is 0 Å². The van der Waals surface area contributed by atoms with E-state index in [1.807, 2.05) is 12.1 Å². The fourth-order valence-corrected chi connectivity index (χ4v) is 1.72. The van der Waals surface area contributed by atoms with Crippen LogP contribution in [0.1, 0.15) is 11.1 Å². The number of hydrogen-bond acceptors (Lipinski definition) is 0. The predicted molar refractivity (Wildman–Crippen MR) is 66.7 cm³/mol. The van der Waals surface area contributed by atoms with Gasteiger partial charge in [0.1, 0.15) is 0 Å². The Balaban J connectivity index is 2.61. The third-order valence-electron chi connectivity index (χ3n) is 2.51. The first-order valence-corrected chi connectivity index (χ1v) is 5.10. The van der Waals surface area contributed by atoms with Crippen molar-refractivity contribution in [3.05, 3.63) is 66.2 Å². The van der Waals surface area contributed by atoms with Gasteiger partial charge in [-0.15, -0.1) is 0 Å². The van der Waals surface area contributed by atoms with Crippen molar-refractivity contribution in [1.82, 2.24) is 0 Å². The maximum atomic E-state index is 3.85. The lowest BCUT2D eigenvalue weighted by atomic mass is 9.98. The molecule has 0 heterocycles. The maximum Gasteiger partial charge on any atom is -0.0109 e. The molecule has 0 N–H and O–H groups in total. The summed E-state index contributed by atoms with van der Waals surface area (Å²) in [6, 6.07) is 16.8. The molecule has 0 aliphatic heterocycles. The summed E-state index contributed by atoms with van der Waals surface area (Å²) < 4.78 is 0. The average Bonchev–Trinajstić information content (AvgIpc) is 2.30. The minimum atomic E-state index is 1.19. The van der Waals surface area contributed by atoms with Gasteiger partial charge in [-0.05, 0) is 23.6 Å². The van der Waals surface area contributed by atoms with Crippen molar-refractivity contribution in [3.8, 4) is 11.1 Å². The van der Waals surface area contributed by atoms with Crippen LogP contribution in [0.4, 0.5) is 0 Å². The highest BCUT2D eigenvalue weighted by atomic mass is 14.1. The van der Waals surface area contributed by atoms with Crippen LogP contribution >= 0.6 is 0 Å². The Labute approximate surface area is 90.9 Å². The van der Waals surface area contributed by atoms with Crippen molar-refractivity contribution >= 4 is 6.08 Å². The normalized spacial score (nSPS) is 9.93. The molecule has 0 spiro atoms. The number of rotatable bonds is 2. The Morgan fingerprint density at radius 3 is 2.40 bits per heavy atom. The summed E-state index contributed by atoms with van der Waals surface area (Å²) >= 11 is 0. The molecule has 0 unspecified atom stereocenters. The standard InChI is InChI=1S/C15H14/c1-3-13-10-9-12(2)11-15(13)14-7-5-4-6-8-14/h3-11H,1H2,2H3.